The summed E-state index contributed by atoms with van der Waals surface area (Å²) in [5.41, 5.74) is 1.39. The maximum atomic E-state index is 4.99. The number of anilines is 1. The molecule has 5 heteroatoms. The molecular formula is C15H26N4S. The standard InChI is InChI=1S/C15H26N4S/c1-3-16-11-13-14(12-5-6-12)17-15(20-13)19-9-7-18(4-2)8-10-19/h12,16H,3-11H2,1-2H3. The van der Waals surface area contributed by atoms with Crippen LogP contribution in [0.3, 0.4) is 0 Å². The fourth-order valence-corrected chi connectivity index (χ4v) is 3.95. The molecule has 0 radical (unpaired) electrons. The molecule has 2 heterocycles. The lowest BCUT2D eigenvalue weighted by Crippen LogP contribution is -2.46. The summed E-state index contributed by atoms with van der Waals surface area (Å²) < 4.78 is 0. The van der Waals surface area contributed by atoms with Crippen molar-refractivity contribution in [3.05, 3.63) is 10.6 Å². The van der Waals surface area contributed by atoms with E-state index in [4.69, 9.17) is 4.98 Å². The van der Waals surface area contributed by atoms with Crippen molar-refractivity contribution in [3.63, 3.8) is 0 Å². The molecule has 2 fully saturated rings. The Kier molecular flexibility index (Phi) is 4.58. The molecule has 1 aliphatic heterocycles. The van der Waals surface area contributed by atoms with E-state index in [1.54, 1.807) is 0 Å². The maximum Gasteiger partial charge on any atom is 0.185 e. The molecule has 1 aromatic heterocycles. The fraction of sp³-hybridized carbons (Fsp3) is 0.800. The van der Waals surface area contributed by atoms with Crippen LogP contribution in [0.5, 0.6) is 0 Å². The Balaban J connectivity index is 1.70. The third-order valence-electron chi connectivity index (χ3n) is 4.31. The maximum absolute atomic E-state index is 4.99. The molecular weight excluding hydrogens is 268 g/mol. The van der Waals surface area contributed by atoms with Gasteiger partial charge >= 0.3 is 0 Å². The zero-order valence-electron chi connectivity index (χ0n) is 12.7. The minimum Gasteiger partial charge on any atom is -0.346 e. The molecule has 0 unspecified atom stereocenters. The van der Waals surface area contributed by atoms with Crippen LogP contribution < -0.4 is 10.2 Å². The van der Waals surface area contributed by atoms with Crippen LogP contribution in [0, 0.1) is 0 Å². The van der Waals surface area contributed by atoms with Crippen molar-refractivity contribution in [1.29, 1.82) is 0 Å². The topological polar surface area (TPSA) is 31.4 Å². The van der Waals surface area contributed by atoms with Crippen LogP contribution in [0.4, 0.5) is 5.13 Å². The van der Waals surface area contributed by atoms with E-state index in [9.17, 15) is 0 Å². The molecule has 112 valence electrons. The van der Waals surface area contributed by atoms with Crippen LogP contribution in [0.2, 0.25) is 0 Å². The van der Waals surface area contributed by atoms with Gasteiger partial charge in [-0.05, 0) is 25.9 Å². The highest BCUT2D eigenvalue weighted by Gasteiger charge is 2.30. The number of nitrogens with zero attached hydrogens (tertiary/aromatic N) is 3. The van der Waals surface area contributed by atoms with Gasteiger partial charge in [-0.1, -0.05) is 13.8 Å². The lowest BCUT2D eigenvalue weighted by molar-refractivity contribution is 0.271. The summed E-state index contributed by atoms with van der Waals surface area (Å²) in [5, 5.41) is 4.72. The van der Waals surface area contributed by atoms with E-state index in [1.165, 1.54) is 48.2 Å². The molecule has 20 heavy (non-hydrogen) atoms. The van der Waals surface area contributed by atoms with Crippen molar-refractivity contribution in [2.45, 2.75) is 39.2 Å². The van der Waals surface area contributed by atoms with E-state index in [-0.39, 0.29) is 0 Å². The lowest BCUT2D eigenvalue weighted by Gasteiger charge is -2.33. The Morgan fingerprint density at radius 1 is 1.20 bits per heavy atom. The van der Waals surface area contributed by atoms with Gasteiger partial charge in [-0.3, -0.25) is 0 Å². The van der Waals surface area contributed by atoms with E-state index in [0.717, 1.165) is 32.1 Å². The van der Waals surface area contributed by atoms with Crippen LogP contribution in [-0.4, -0.2) is 49.2 Å². The van der Waals surface area contributed by atoms with Gasteiger partial charge in [0, 0.05) is 43.5 Å². The number of likely N-dealkylation sites (N-methyl/N-ethyl adjacent to an activating group) is 1. The van der Waals surface area contributed by atoms with Gasteiger partial charge in [0.25, 0.3) is 0 Å². The van der Waals surface area contributed by atoms with Gasteiger partial charge < -0.3 is 15.1 Å². The number of piperazine rings is 1. The quantitative estimate of drug-likeness (QED) is 0.872. The molecule has 0 amide bonds. The van der Waals surface area contributed by atoms with Gasteiger partial charge in [-0.15, -0.1) is 11.3 Å². The van der Waals surface area contributed by atoms with E-state index < -0.39 is 0 Å². The molecule has 1 saturated heterocycles. The van der Waals surface area contributed by atoms with E-state index in [1.807, 2.05) is 11.3 Å². The van der Waals surface area contributed by atoms with Gasteiger partial charge in [0.1, 0.15) is 0 Å². The zero-order chi connectivity index (χ0) is 13.9. The minimum atomic E-state index is 0.755. The van der Waals surface area contributed by atoms with Crippen molar-refractivity contribution in [1.82, 2.24) is 15.2 Å². The molecule has 1 saturated carbocycles. The number of rotatable bonds is 6. The average Bonchev–Trinajstić information content (AvgIpc) is 3.25. The summed E-state index contributed by atoms with van der Waals surface area (Å²) in [6.07, 6.45) is 2.68. The smallest absolute Gasteiger partial charge is 0.185 e. The van der Waals surface area contributed by atoms with E-state index in [0.29, 0.717) is 0 Å². The molecule has 1 aromatic rings. The largest absolute Gasteiger partial charge is 0.346 e. The molecule has 0 bridgehead atoms. The van der Waals surface area contributed by atoms with Gasteiger partial charge in [-0.2, -0.15) is 0 Å². The highest BCUT2D eigenvalue weighted by atomic mass is 32.1. The number of nitrogens with one attached hydrogen (secondary N) is 1. The number of hydrogen-bond acceptors (Lipinski definition) is 5. The van der Waals surface area contributed by atoms with Crippen molar-refractivity contribution in [2.75, 3.05) is 44.2 Å². The molecule has 2 aliphatic rings. The van der Waals surface area contributed by atoms with E-state index in [2.05, 4.69) is 29.0 Å². The van der Waals surface area contributed by atoms with Gasteiger partial charge in [0.05, 0.1) is 5.69 Å². The van der Waals surface area contributed by atoms with Crippen LogP contribution in [-0.2, 0) is 6.54 Å². The second-order valence-electron chi connectivity index (χ2n) is 5.78. The molecule has 3 rings (SSSR count). The summed E-state index contributed by atoms with van der Waals surface area (Å²) in [4.78, 5) is 11.5. The summed E-state index contributed by atoms with van der Waals surface area (Å²) in [5.74, 6) is 0.755. The van der Waals surface area contributed by atoms with Crippen molar-refractivity contribution < 1.29 is 0 Å². The summed E-state index contributed by atoms with van der Waals surface area (Å²) >= 11 is 1.92. The van der Waals surface area contributed by atoms with Crippen LogP contribution >= 0.6 is 11.3 Å². The normalized spacial score (nSPS) is 20.6. The lowest BCUT2D eigenvalue weighted by atomic mass is 10.2. The highest BCUT2D eigenvalue weighted by Crippen LogP contribution is 2.44. The predicted octanol–water partition coefficient (Wildman–Crippen LogP) is 2.27. The molecule has 1 aliphatic carbocycles. The number of hydrogen-bond donors (Lipinski definition) is 1. The van der Waals surface area contributed by atoms with E-state index >= 15 is 0 Å². The Morgan fingerprint density at radius 3 is 2.55 bits per heavy atom. The first-order chi connectivity index (χ1) is 9.81. The average molecular weight is 294 g/mol. The van der Waals surface area contributed by atoms with Gasteiger partial charge in [0.2, 0.25) is 0 Å². The van der Waals surface area contributed by atoms with Crippen molar-refractivity contribution in [3.8, 4) is 0 Å². The Labute approximate surface area is 126 Å². The third kappa shape index (κ3) is 3.15. The first-order valence-corrected chi connectivity index (χ1v) is 8.81. The Hall–Kier alpha value is -0.650. The SMILES string of the molecule is CCNCc1sc(N2CCN(CC)CC2)nc1C1CC1. The van der Waals surface area contributed by atoms with Crippen molar-refractivity contribution >= 4 is 16.5 Å². The molecule has 1 N–H and O–H groups in total. The third-order valence-corrected chi connectivity index (χ3v) is 5.44. The second-order valence-corrected chi connectivity index (χ2v) is 6.84. The second kappa shape index (κ2) is 6.41. The first kappa shape index (κ1) is 14.3. The summed E-state index contributed by atoms with van der Waals surface area (Å²) in [6.45, 7) is 12.2. The van der Waals surface area contributed by atoms with Crippen LogP contribution in [0.25, 0.3) is 0 Å². The van der Waals surface area contributed by atoms with Gasteiger partial charge in [-0.25, -0.2) is 4.98 Å². The number of aromatic nitrogens is 1. The zero-order valence-corrected chi connectivity index (χ0v) is 13.5. The van der Waals surface area contributed by atoms with Crippen LogP contribution in [0.15, 0.2) is 0 Å². The van der Waals surface area contributed by atoms with Crippen LogP contribution in [0.1, 0.15) is 43.2 Å². The molecule has 0 spiro atoms. The summed E-state index contributed by atoms with van der Waals surface area (Å²) in [6, 6.07) is 0. The summed E-state index contributed by atoms with van der Waals surface area (Å²) in [7, 11) is 0. The Bertz CT molecular complexity index is 433. The molecule has 0 aromatic carbocycles. The highest BCUT2D eigenvalue weighted by molar-refractivity contribution is 7.15. The monoisotopic (exact) mass is 294 g/mol. The predicted molar refractivity (Wildman–Crippen MR) is 85.8 cm³/mol. The van der Waals surface area contributed by atoms with Gasteiger partial charge in [0.15, 0.2) is 5.13 Å². The number of thiazole rings is 1. The fourth-order valence-electron chi connectivity index (χ4n) is 2.78. The van der Waals surface area contributed by atoms with Crippen molar-refractivity contribution in [2.24, 2.45) is 0 Å². The molecule has 4 nitrogen and oxygen atoms in total. The molecule has 0 atom stereocenters. The first-order valence-electron chi connectivity index (χ1n) is 7.99. The Morgan fingerprint density at radius 2 is 1.95 bits per heavy atom. The minimum absolute atomic E-state index is 0.755.